The third kappa shape index (κ3) is 4.92. The molecule has 6 nitrogen and oxygen atoms in total. The second-order valence-corrected chi connectivity index (χ2v) is 10.3. The van der Waals surface area contributed by atoms with Gasteiger partial charge < -0.3 is 19.3 Å². The average Bonchev–Trinajstić information content (AvgIpc) is 3.09. The highest BCUT2D eigenvalue weighted by Gasteiger charge is 2.51. The number of aliphatic hydroxyl groups excluding tert-OH is 1. The number of carbonyl (C=O) groups excluding carboxylic acids is 1. The molecule has 0 spiro atoms. The summed E-state index contributed by atoms with van der Waals surface area (Å²) in [5.41, 5.74) is 2.80. The topological polar surface area (TPSA) is 68.2 Å². The minimum Gasteiger partial charge on any atom is -0.493 e. The highest BCUT2D eigenvalue weighted by Crippen LogP contribution is 2.54. The zero-order chi connectivity index (χ0) is 23.6. The van der Waals surface area contributed by atoms with Crippen molar-refractivity contribution in [1.82, 2.24) is 4.90 Å². The molecule has 182 valence electrons. The Morgan fingerprint density at radius 2 is 2.03 bits per heavy atom. The summed E-state index contributed by atoms with van der Waals surface area (Å²) in [7, 11) is 3.26. The van der Waals surface area contributed by atoms with Crippen LogP contribution < -0.4 is 9.47 Å². The van der Waals surface area contributed by atoms with E-state index in [0.717, 1.165) is 18.5 Å². The minimum absolute atomic E-state index is 0.0117. The molecule has 4 rings (SSSR count). The Morgan fingerprint density at radius 3 is 2.76 bits per heavy atom. The van der Waals surface area contributed by atoms with Crippen molar-refractivity contribution in [3.63, 3.8) is 0 Å². The van der Waals surface area contributed by atoms with E-state index in [4.69, 9.17) is 14.2 Å². The van der Waals surface area contributed by atoms with Gasteiger partial charge in [0.2, 0.25) is 0 Å². The monoisotopic (exact) mass is 457 g/mol. The van der Waals surface area contributed by atoms with Gasteiger partial charge in [0.1, 0.15) is 6.10 Å². The van der Waals surface area contributed by atoms with Crippen LogP contribution in [0.25, 0.3) is 0 Å². The molecule has 1 saturated heterocycles. The van der Waals surface area contributed by atoms with Crippen LogP contribution in [0.15, 0.2) is 29.8 Å². The first-order chi connectivity index (χ1) is 15.9. The summed E-state index contributed by atoms with van der Waals surface area (Å²) >= 11 is 0. The van der Waals surface area contributed by atoms with Crippen LogP contribution in [0.2, 0.25) is 0 Å². The number of allylic oxidation sites excluding steroid dienone is 1. The summed E-state index contributed by atoms with van der Waals surface area (Å²) in [6.45, 7) is 6.84. The molecule has 6 heteroatoms. The van der Waals surface area contributed by atoms with Crippen LogP contribution in [0.4, 0.5) is 0 Å². The lowest BCUT2D eigenvalue weighted by Crippen LogP contribution is -2.41. The maximum atomic E-state index is 13.0. The molecule has 2 aliphatic carbocycles. The maximum Gasteiger partial charge on any atom is 0.311 e. The molecule has 1 heterocycles. The van der Waals surface area contributed by atoms with Crippen LogP contribution in [-0.4, -0.2) is 56.0 Å². The van der Waals surface area contributed by atoms with E-state index in [1.54, 1.807) is 19.8 Å². The van der Waals surface area contributed by atoms with E-state index in [1.807, 2.05) is 18.2 Å². The molecule has 0 bridgehead atoms. The van der Waals surface area contributed by atoms with Crippen LogP contribution in [-0.2, 0) is 16.1 Å². The van der Waals surface area contributed by atoms with Crippen LogP contribution in [0, 0.1) is 23.2 Å². The lowest BCUT2D eigenvalue weighted by Gasteiger charge is -2.46. The first-order valence-corrected chi connectivity index (χ1v) is 12.4. The number of esters is 1. The van der Waals surface area contributed by atoms with Crippen molar-refractivity contribution >= 4 is 5.97 Å². The fourth-order valence-corrected chi connectivity index (χ4v) is 6.30. The molecule has 1 aromatic rings. The van der Waals surface area contributed by atoms with Gasteiger partial charge in [0, 0.05) is 32.2 Å². The van der Waals surface area contributed by atoms with Gasteiger partial charge in [0.15, 0.2) is 11.5 Å². The first-order valence-electron chi connectivity index (χ1n) is 12.4. The van der Waals surface area contributed by atoms with Gasteiger partial charge in [0.25, 0.3) is 0 Å². The molecule has 3 aliphatic rings. The quantitative estimate of drug-likeness (QED) is 0.443. The van der Waals surface area contributed by atoms with E-state index >= 15 is 0 Å². The Kier molecular flexibility index (Phi) is 7.34. The van der Waals surface area contributed by atoms with Crippen molar-refractivity contribution in [3.05, 3.63) is 35.4 Å². The smallest absolute Gasteiger partial charge is 0.311 e. The van der Waals surface area contributed by atoms with Crippen LogP contribution in [0.3, 0.4) is 0 Å². The van der Waals surface area contributed by atoms with E-state index < -0.39 is 0 Å². The number of methoxy groups -OCH3 is 2. The first kappa shape index (κ1) is 24.1. The van der Waals surface area contributed by atoms with Crippen LogP contribution >= 0.6 is 0 Å². The second kappa shape index (κ2) is 10.1. The molecular formula is C27H39NO5. The predicted octanol–water partition coefficient (Wildman–Crippen LogP) is 4.20. The summed E-state index contributed by atoms with van der Waals surface area (Å²) in [5.74, 6) is 1.88. The Labute approximate surface area is 197 Å². The van der Waals surface area contributed by atoms with Crippen molar-refractivity contribution in [2.24, 2.45) is 23.2 Å². The van der Waals surface area contributed by atoms with Crippen molar-refractivity contribution in [3.8, 4) is 11.5 Å². The van der Waals surface area contributed by atoms with Crippen molar-refractivity contribution < 1.29 is 24.1 Å². The summed E-state index contributed by atoms with van der Waals surface area (Å²) in [4.78, 5) is 15.3. The summed E-state index contributed by atoms with van der Waals surface area (Å²) in [5, 5.41) is 9.45. The molecule has 2 fully saturated rings. The average molecular weight is 458 g/mol. The molecule has 1 aliphatic heterocycles. The van der Waals surface area contributed by atoms with E-state index in [0.29, 0.717) is 36.9 Å². The molecule has 33 heavy (non-hydrogen) atoms. The van der Waals surface area contributed by atoms with Crippen LogP contribution in [0.1, 0.15) is 51.5 Å². The highest BCUT2D eigenvalue weighted by atomic mass is 16.6. The van der Waals surface area contributed by atoms with E-state index in [1.165, 1.54) is 19.3 Å². The van der Waals surface area contributed by atoms with Gasteiger partial charge in [0.05, 0.1) is 20.1 Å². The van der Waals surface area contributed by atoms with Crippen molar-refractivity contribution in [2.75, 3.05) is 33.9 Å². The Bertz CT molecular complexity index is 883. The molecule has 0 unspecified atom stereocenters. The van der Waals surface area contributed by atoms with Gasteiger partial charge in [-0.1, -0.05) is 38.0 Å². The number of carbonyl (C=O) groups is 1. The Balaban J connectivity index is 1.54. The van der Waals surface area contributed by atoms with Gasteiger partial charge in [-0.05, 0) is 54.7 Å². The fourth-order valence-electron chi connectivity index (χ4n) is 6.30. The molecule has 1 saturated carbocycles. The molecule has 1 N–H and O–H groups in total. The number of aliphatic hydroxyl groups is 1. The molecule has 5 atom stereocenters. The molecule has 0 amide bonds. The summed E-state index contributed by atoms with van der Waals surface area (Å²) in [6.07, 6.45) is 7.69. The number of fused-ring (bicyclic) bond motifs is 2. The fraction of sp³-hybridized carbons (Fsp3) is 0.667. The number of hydrogen-bond acceptors (Lipinski definition) is 6. The maximum absolute atomic E-state index is 13.0. The Morgan fingerprint density at radius 1 is 1.24 bits per heavy atom. The third-order valence-electron chi connectivity index (χ3n) is 8.02. The van der Waals surface area contributed by atoms with E-state index in [2.05, 4.69) is 24.8 Å². The highest BCUT2D eigenvalue weighted by molar-refractivity contribution is 5.76. The standard InChI is InChI=1S/C27H39NO5/c1-18-7-5-10-27(2)15-25-20(14-22(18)27)21(26(30)33-25)17-28(11-6-12-29)16-19-8-9-23(31-3)24(13-19)32-4/h8-9,13-14,18,20-21,25,29H,5-7,10-12,15-17H2,1-4H3/t18-,20+,21-,25-,27-/m1/s1. The van der Waals surface area contributed by atoms with Crippen LogP contribution in [0.5, 0.6) is 11.5 Å². The number of hydrogen-bond donors (Lipinski definition) is 1. The van der Waals surface area contributed by atoms with Gasteiger partial charge >= 0.3 is 5.97 Å². The lowest BCUT2D eigenvalue weighted by molar-refractivity contribution is -0.145. The molecule has 0 aromatic heterocycles. The summed E-state index contributed by atoms with van der Waals surface area (Å²) in [6, 6.07) is 5.92. The number of rotatable bonds is 9. The number of benzene rings is 1. The van der Waals surface area contributed by atoms with Gasteiger partial charge in [-0.15, -0.1) is 0 Å². The molecule has 0 radical (unpaired) electrons. The normalized spacial score (nSPS) is 31.0. The number of nitrogens with zero attached hydrogens (tertiary/aromatic N) is 1. The molecule has 1 aromatic carbocycles. The van der Waals surface area contributed by atoms with E-state index in [9.17, 15) is 9.90 Å². The minimum atomic E-state index is -0.167. The molecular weight excluding hydrogens is 418 g/mol. The zero-order valence-electron chi connectivity index (χ0n) is 20.5. The lowest BCUT2D eigenvalue weighted by atomic mass is 9.59. The van der Waals surface area contributed by atoms with Crippen molar-refractivity contribution in [2.45, 2.75) is 58.6 Å². The Hall–Kier alpha value is -2.05. The van der Waals surface area contributed by atoms with E-state index in [-0.39, 0.29) is 35.9 Å². The zero-order valence-corrected chi connectivity index (χ0v) is 20.5. The van der Waals surface area contributed by atoms with Gasteiger partial charge in [-0.3, -0.25) is 9.69 Å². The number of ether oxygens (including phenoxy) is 3. The van der Waals surface area contributed by atoms with Gasteiger partial charge in [-0.25, -0.2) is 0 Å². The van der Waals surface area contributed by atoms with Gasteiger partial charge in [-0.2, -0.15) is 0 Å². The summed E-state index contributed by atoms with van der Waals surface area (Å²) < 4.78 is 16.8. The predicted molar refractivity (Wildman–Crippen MR) is 127 cm³/mol. The SMILES string of the molecule is COc1ccc(CN(CCCO)C[C@H]2C(=O)O[C@@H]3C[C@@]4(C)CCC[C@@H](C)C4=C[C@H]32)cc1OC. The van der Waals surface area contributed by atoms with Crippen molar-refractivity contribution in [1.29, 1.82) is 0 Å². The third-order valence-corrected chi connectivity index (χ3v) is 8.02. The largest absolute Gasteiger partial charge is 0.493 e. The second-order valence-electron chi connectivity index (χ2n) is 10.3.